The molecule has 4 heterocycles. The third-order valence-corrected chi connectivity index (χ3v) is 4.22. The molecule has 1 N–H and O–H groups in total. The summed E-state index contributed by atoms with van der Waals surface area (Å²) < 4.78 is 2.35. The van der Waals surface area contributed by atoms with Gasteiger partial charge in [-0.25, -0.2) is 4.98 Å². The monoisotopic (exact) mass is 234 g/mol. The van der Waals surface area contributed by atoms with Gasteiger partial charge in [0.25, 0.3) is 0 Å². The van der Waals surface area contributed by atoms with Crippen molar-refractivity contribution in [2.45, 2.75) is 32.4 Å². The van der Waals surface area contributed by atoms with Gasteiger partial charge in [-0.2, -0.15) is 0 Å². The summed E-state index contributed by atoms with van der Waals surface area (Å²) >= 11 is 0. The van der Waals surface area contributed by atoms with Crippen LogP contribution in [-0.2, 0) is 6.54 Å². The standard InChI is InChI=1S/C13H22N4/c1-2-14-7-12-8-17(10-15-12)13-9-16-5-3-11(13)4-6-16/h8,10-11,13-14H,2-7,9H2,1H3. The molecule has 0 spiro atoms. The maximum atomic E-state index is 4.49. The Morgan fingerprint density at radius 2 is 2.24 bits per heavy atom. The Morgan fingerprint density at radius 1 is 1.41 bits per heavy atom. The molecule has 0 amide bonds. The minimum absolute atomic E-state index is 0.667. The first-order valence-electron chi connectivity index (χ1n) is 6.82. The zero-order valence-electron chi connectivity index (χ0n) is 10.6. The van der Waals surface area contributed by atoms with Crippen LogP contribution in [0.15, 0.2) is 12.5 Å². The summed E-state index contributed by atoms with van der Waals surface area (Å²) in [4.78, 5) is 7.09. The van der Waals surface area contributed by atoms with E-state index in [9.17, 15) is 0 Å². The summed E-state index contributed by atoms with van der Waals surface area (Å²) in [5.74, 6) is 0.876. The predicted octanol–water partition coefficient (Wildman–Crippen LogP) is 1.26. The second-order valence-electron chi connectivity index (χ2n) is 5.30. The van der Waals surface area contributed by atoms with Crippen LogP contribution in [0, 0.1) is 5.92 Å². The highest BCUT2D eigenvalue weighted by Gasteiger charge is 2.34. The normalized spacial score (nSPS) is 31.9. The summed E-state index contributed by atoms with van der Waals surface area (Å²) in [7, 11) is 0. The Kier molecular flexibility index (Phi) is 3.16. The number of fused-ring (bicyclic) bond motifs is 3. The van der Waals surface area contributed by atoms with Gasteiger partial charge in [0.1, 0.15) is 0 Å². The number of aromatic nitrogens is 2. The number of imidazole rings is 1. The third-order valence-electron chi connectivity index (χ3n) is 4.22. The molecule has 4 heteroatoms. The Morgan fingerprint density at radius 3 is 2.88 bits per heavy atom. The molecule has 3 aliphatic rings. The number of piperidine rings is 3. The second-order valence-corrected chi connectivity index (χ2v) is 5.30. The summed E-state index contributed by atoms with van der Waals surface area (Å²) in [5, 5.41) is 3.33. The predicted molar refractivity (Wildman–Crippen MR) is 67.8 cm³/mol. The summed E-state index contributed by atoms with van der Waals surface area (Å²) in [5.41, 5.74) is 1.17. The summed E-state index contributed by atoms with van der Waals surface area (Å²) in [6, 6.07) is 0.667. The van der Waals surface area contributed by atoms with E-state index in [1.54, 1.807) is 0 Å². The molecule has 94 valence electrons. The van der Waals surface area contributed by atoms with Crippen molar-refractivity contribution in [2.24, 2.45) is 5.92 Å². The summed E-state index contributed by atoms with van der Waals surface area (Å²) in [6.45, 7) is 7.86. The highest BCUT2D eigenvalue weighted by molar-refractivity contribution is 5.01. The van der Waals surface area contributed by atoms with Crippen molar-refractivity contribution in [1.82, 2.24) is 19.8 Å². The van der Waals surface area contributed by atoms with Crippen LogP contribution in [0.5, 0.6) is 0 Å². The van der Waals surface area contributed by atoms with E-state index in [0.29, 0.717) is 6.04 Å². The Labute approximate surface area is 103 Å². The molecule has 0 aromatic carbocycles. The number of hydrogen-bond donors (Lipinski definition) is 1. The minimum Gasteiger partial charge on any atom is -0.333 e. The molecule has 3 saturated heterocycles. The fourth-order valence-electron chi connectivity index (χ4n) is 3.18. The van der Waals surface area contributed by atoms with Crippen LogP contribution in [0.1, 0.15) is 31.5 Å². The number of hydrogen-bond acceptors (Lipinski definition) is 3. The maximum absolute atomic E-state index is 4.49. The van der Waals surface area contributed by atoms with Gasteiger partial charge in [-0.15, -0.1) is 0 Å². The van der Waals surface area contributed by atoms with E-state index >= 15 is 0 Å². The Bertz CT molecular complexity index is 365. The van der Waals surface area contributed by atoms with Crippen molar-refractivity contribution in [1.29, 1.82) is 0 Å². The van der Waals surface area contributed by atoms with Gasteiger partial charge in [0.2, 0.25) is 0 Å². The van der Waals surface area contributed by atoms with E-state index in [4.69, 9.17) is 0 Å². The number of nitrogens with zero attached hydrogens (tertiary/aromatic N) is 3. The van der Waals surface area contributed by atoms with Crippen molar-refractivity contribution in [2.75, 3.05) is 26.2 Å². The number of rotatable bonds is 4. The van der Waals surface area contributed by atoms with Crippen LogP contribution in [-0.4, -0.2) is 40.6 Å². The van der Waals surface area contributed by atoms with Gasteiger partial charge in [-0.05, 0) is 38.4 Å². The average Bonchev–Trinajstić information content (AvgIpc) is 2.86. The van der Waals surface area contributed by atoms with Gasteiger partial charge >= 0.3 is 0 Å². The van der Waals surface area contributed by atoms with Crippen LogP contribution in [0.2, 0.25) is 0 Å². The lowest BCUT2D eigenvalue weighted by atomic mass is 9.84. The zero-order chi connectivity index (χ0) is 11.7. The van der Waals surface area contributed by atoms with Gasteiger partial charge in [0.15, 0.2) is 0 Å². The second kappa shape index (κ2) is 4.78. The maximum Gasteiger partial charge on any atom is 0.0953 e. The molecule has 0 saturated carbocycles. The van der Waals surface area contributed by atoms with Crippen molar-refractivity contribution in [3.8, 4) is 0 Å². The number of nitrogens with one attached hydrogen (secondary N) is 1. The highest BCUT2D eigenvalue weighted by Crippen LogP contribution is 2.35. The van der Waals surface area contributed by atoms with Gasteiger partial charge in [-0.3, -0.25) is 0 Å². The molecule has 4 rings (SSSR count). The van der Waals surface area contributed by atoms with Gasteiger partial charge in [-0.1, -0.05) is 6.92 Å². The SMILES string of the molecule is CCNCc1cn(C2CN3CCC2CC3)cn1. The van der Waals surface area contributed by atoms with E-state index in [-0.39, 0.29) is 0 Å². The minimum atomic E-state index is 0.667. The van der Waals surface area contributed by atoms with E-state index in [1.165, 1.54) is 38.2 Å². The van der Waals surface area contributed by atoms with Crippen molar-refractivity contribution >= 4 is 0 Å². The van der Waals surface area contributed by atoms with E-state index in [2.05, 4.69) is 32.9 Å². The van der Waals surface area contributed by atoms with Crippen molar-refractivity contribution in [3.63, 3.8) is 0 Å². The van der Waals surface area contributed by atoms with Gasteiger partial charge < -0.3 is 14.8 Å². The lowest BCUT2D eigenvalue weighted by molar-refractivity contribution is 0.0569. The van der Waals surface area contributed by atoms with Crippen LogP contribution in [0.25, 0.3) is 0 Å². The zero-order valence-corrected chi connectivity index (χ0v) is 10.6. The third kappa shape index (κ3) is 2.24. The molecule has 3 aliphatic heterocycles. The molecule has 0 aliphatic carbocycles. The smallest absolute Gasteiger partial charge is 0.0953 e. The van der Waals surface area contributed by atoms with Gasteiger partial charge in [0, 0.05) is 19.3 Å². The lowest BCUT2D eigenvalue weighted by Gasteiger charge is -2.45. The molecular weight excluding hydrogens is 212 g/mol. The molecule has 4 nitrogen and oxygen atoms in total. The van der Waals surface area contributed by atoms with Crippen LogP contribution >= 0.6 is 0 Å². The van der Waals surface area contributed by atoms with E-state index in [0.717, 1.165) is 19.0 Å². The van der Waals surface area contributed by atoms with Crippen LogP contribution in [0.4, 0.5) is 0 Å². The van der Waals surface area contributed by atoms with Crippen molar-refractivity contribution < 1.29 is 0 Å². The molecule has 3 fully saturated rings. The first kappa shape index (κ1) is 11.2. The average molecular weight is 234 g/mol. The van der Waals surface area contributed by atoms with Gasteiger partial charge in [0.05, 0.1) is 18.1 Å². The molecule has 0 radical (unpaired) electrons. The topological polar surface area (TPSA) is 33.1 Å². The largest absolute Gasteiger partial charge is 0.333 e. The van der Waals surface area contributed by atoms with Crippen molar-refractivity contribution in [3.05, 3.63) is 18.2 Å². The molecule has 1 unspecified atom stereocenters. The molecule has 1 atom stereocenters. The molecular formula is C13H22N4. The molecule has 1 aromatic heterocycles. The first-order chi connectivity index (χ1) is 8.36. The fourth-order valence-corrected chi connectivity index (χ4v) is 3.18. The van der Waals surface area contributed by atoms with E-state index < -0.39 is 0 Å². The van der Waals surface area contributed by atoms with Crippen LogP contribution < -0.4 is 5.32 Å². The van der Waals surface area contributed by atoms with Crippen LogP contribution in [0.3, 0.4) is 0 Å². The Hall–Kier alpha value is -0.870. The quantitative estimate of drug-likeness (QED) is 0.851. The van der Waals surface area contributed by atoms with E-state index in [1.807, 2.05) is 6.33 Å². The fraction of sp³-hybridized carbons (Fsp3) is 0.769. The first-order valence-corrected chi connectivity index (χ1v) is 6.82. The lowest BCUT2D eigenvalue weighted by Crippen LogP contribution is -2.47. The molecule has 1 aromatic rings. The molecule has 17 heavy (non-hydrogen) atoms. The Balaban J connectivity index is 1.69. The molecule has 2 bridgehead atoms. The highest BCUT2D eigenvalue weighted by atomic mass is 15.2. The summed E-state index contributed by atoms with van der Waals surface area (Å²) in [6.07, 6.45) is 6.99.